The van der Waals surface area contributed by atoms with Crippen molar-refractivity contribution < 1.29 is 13.5 Å². The number of aromatic nitrogens is 4. The van der Waals surface area contributed by atoms with Crippen molar-refractivity contribution in [3.05, 3.63) is 18.5 Å². The Morgan fingerprint density at radius 1 is 1.12 bits per heavy atom. The molecule has 0 bridgehead atoms. The number of hydrogen-bond donors (Lipinski definition) is 1. The molecule has 8 nitrogen and oxygen atoms in total. The first kappa shape index (κ1) is 21.2. The number of ether oxygens (including phenoxy) is 1. The summed E-state index contributed by atoms with van der Waals surface area (Å²) in [4.78, 5) is 22.2. The minimum absolute atomic E-state index is 0.0210. The summed E-state index contributed by atoms with van der Waals surface area (Å²) in [7, 11) is 0. The molecule has 1 aliphatic carbocycles. The second-order valence-electron chi connectivity index (χ2n) is 9.30. The topological polar surface area (TPSA) is 93.3 Å². The van der Waals surface area contributed by atoms with Gasteiger partial charge in [0.2, 0.25) is 17.8 Å². The lowest BCUT2D eigenvalue weighted by molar-refractivity contribution is 0.00171. The molecule has 2 aromatic rings. The van der Waals surface area contributed by atoms with E-state index in [9.17, 15) is 8.78 Å². The van der Waals surface area contributed by atoms with Gasteiger partial charge < -0.3 is 20.3 Å². The van der Waals surface area contributed by atoms with Crippen LogP contribution in [0.5, 0.6) is 0 Å². The number of anilines is 3. The maximum absolute atomic E-state index is 13.8. The zero-order valence-electron chi connectivity index (χ0n) is 18.4. The fourth-order valence-electron chi connectivity index (χ4n) is 5.13. The van der Waals surface area contributed by atoms with Gasteiger partial charge in [-0.1, -0.05) is 6.92 Å². The van der Waals surface area contributed by atoms with Crippen molar-refractivity contribution >= 4 is 17.7 Å². The van der Waals surface area contributed by atoms with E-state index in [0.29, 0.717) is 31.3 Å². The van der Waals surface area contributed by atoms with Gasteiger partial charge in [0, 0.05) is 56.5 Å². The third-order valence-electron chi connectivity index (χ3n) is 6.90. The van der Waals surface area contributed by atoms with Crippen LogP contribution in [-0.4, -0.2) is 64.2 Å². The molecule has 0 unspecified atom stereocenters. The van der Waals surface area contributed by atoms with E-state index in [4.69, 9.17) is 20.4 Å². The molecule has 2 saturated heterocycles. The number of morpholine rings is 1. The Kier molecular flexibility index (Phi) is 5.35. The summed E-state index contributed by atoms with van der Waals surface area (Å²) in [6, 6.07) is 2.10. The van der Waals surface area contributed by atoms with Gasteiger partial charge in [0.05, 0.1) is 24.4 Å². The molecular weight excluding hydrogens is 416 g/mol. The van der Waals surface area contributed by atoms with Gasteiger partial charge in [0.15, 0.2) is 0 Å². The minimum atomic E-state index is -2.55. The normalized spacial score (nSPS) is 29.4. The van der Waals surface area contributed by atoms with Crippen LogP contribution in [0.3, 0.4) is 0 Å². The van der Waals surface area contributed by atoms with E-state index in [2.05, 4.69) is 33.6 Å². The number of nitrogens with zero attached hydrogens (tertiary/aromatic N) is 6. The van der Waals surface area contributed by atoms with Crippen molar-refractivity contribution in [2.45, 2.75) is 51.2 Å². The van der Waals surface area contributed by atoms with Crippen LogP contribution in [0.25, 0.3) is 11.3 Å². The standard InChI is InChI=1S/C22H29F2N7O/c1-3-17-11-31(13(2)12-32-17)19-4-18(16-7-26-20(25)27-8-16)28-21(29-19)30-9-14-5-22(23,24)6-15(14)10-30/h4,7-8,13-15,17H,3,5-6,9-12H2,1-2H3,(H2,25,26,27)/t13-,14-,15+,17-/m0/s1. The van der Waals surface area contributed by atoms with E-state index in [-0.39, 0.29) is 42.8 Å². The lowest BCUT2D eigenvalue weighted by Crippen LogP contribution is -2.48. The highest BCUT2D eigenvalue weighted by Crippen LogP contribution is 2.47. The summed E-state index contributed by atoms with van der Waals surface area (Å²) >= 11 is 0. The van der Waals surface area contributed by atoms with E-state index >= 15 is 0 Å². The zero-order chi connectivity index (χ0) is 22.5. The van der Waals surface area contributed by atoms with Gasteiger partial charge in [-0.25, -0.2) is 23.7 Å². The van der Waals surface area contributed by atoms with Crippen LogP contribution in [0, 0.1) is 11.8 Å². The summed E-state index contributed by atoms with van der Waals surface area (Å²) < 4.78 is 33.6. The summed E-state index contributed by atoms with van der Waals surface area (Å²) in [6.07, 6.45) is 4.26. The Morgan fingerprint density at radius 2 is 1.81 bits per heavy atom. The lowest BCUT2D eigenvalue weighted by atomic mass is 10.0. The van der Waals surface area contributed by atoms with Crippen molar-refractivity contribution in [2.24, 2.45) is 11.8 Å². The molecule has 172 valence electrons. The van der Waals surface area contributed by atoms with E-state index in [1.165, 1.54) is 0 Å². The Balaban J connectivity index is 1.50. The van der Waals surface area contributed by atoms with Gasteiger partial charge in [-0.05, 0) is 25.2 Å². The molecule has 3 fully saturated rings. The van der Waals surface area contributed by atoms with Crippen molar-refractivity contribution in [3.8, 4) is 11.3 Å². The first-order valence-electron chi connectivity index (χ1n) is 11.3. The molecular formula is C22H29F2N7O. The highest BCUT2D eigenvalue weighted by molar-refractivity contribution is 5.64. The molecule has 0 amide bonds. The average molecular weight is 446 g/mol. The molecule has 4 atom stereocenters. The van der Waals surface area contributed by atoms with Gasteiger partial charge in [-0.2, -0.15) is 4.98 Å². The molecule has 3 aliphatic rings. The highest BCUT2D eigenvalue weighted by Gasteiger charge is 2.50. The van der Waals surface area contributed by atoms with Crippen molar-refractivity contribution in [1.82, 2.24) is 19.9 Å². The number of halogens is 2. The zero-order valence-corrected chi connectivity index (χ0v) is 18.4. The second-order valence-corrected chi connectivity index (χ2v) is 9.30. The summed E-state index contributed by atoms with van der Waals surface area (Å²) in [5.74, 6) is -1.02. The third kappa shape index (κ3) is 4.07. The number of rotatable bonds is 4. The Morgan fingerprint density at radius 3 is 2.47 bits per heavy atom. The lowest BCUT2D eigenvalue weighted by Gasteiger charge is -2.39. The van der Waals surface area contributed by atoms with Crippen LogP contribution in [-0.2, 0) is 4.74 Å². The summed E-state index contributed by atoms with van der Waals surface area (Å²) in [5, 5.41) is 0. The van der Waals surface area contributed by atoms with Crippen molar-refractivity contribution in [1.29, 1.82) is 0 Å². The molecule has 10 heteroatoms. The average Bonchev–Trinajstić information content (AvgIpc) is 3.28. The summed E-state index contributed by atoms with van der Waals surface area (Å²) in [5.41, 5.74) is 7.09. The van der Waals surface area contributed by atoms with Crippen LogP contribution in [0.4, 0.5) is 26.5 Å². The van der Waals surface area contributed by atoms with E-state index in [1.54, 1.807) is 12.4 Å². The van der Waals surface area contributed by atoms with Gasteiger partial charge in [-0.3, -0.25) is 0 Å². The predicted molar refractivity (Wildman–Crippen MR) is 118 cm³/mol. The largest absolute Gasteiger partial charge is 0.374 e. The van der Waals surface area contributed by atoms with Crippen molar-refractivity contribution in [3.63, 3.8) is 0 Å². The van der Waals surface area contributed by atoms with Crippen LogP contribution in [0.15, 0.2) is 18.5 Å². The van der Waals surface area contributed by atoms with Crippen LogP contribution in [0.1, 0.15) is 33.1 Å². The third-order valence-corrected chi connectivity index (χ3v) is 6.90. The van der Waals surface area contributed by atoms with E-state index < -0.39 is 5.92 Å². The SMILES string of the molecule is CC[C@H]1CN(c2cc(-c3cnc(N)nc3)nc(N3C[C@@H]4CC(F)(F)C[C@@H]4C3)n2)[C@@H](C)CO1. The van der Waals surface area contributed by atoms with Crippen LogP contribution < -0.4 is 15.5 Å². The minimum Gasteiger partial charge on any atom is -0.374 e. The highest BCUT2D eigenvalue weighted by atomic mass is 19.3. The molecule has 2 N–H and O–H groups in total. The maximum Gasteiger partial charge on any atom is 0.248 e. The fraction of sp³-hybridized carbons (Fsp3) is 0.636. The molecule has 2 aromatic heterocycles. The van der Waals surface area contributed by atoms with E-state index in [1.807, 2.05) is 6.07 Å². The van der Waals surface area contributed by atoms with Gasteiger partial charge in [-0.15, -0.1) is 0 Å². The van der Waals surface area contributed by atoms with Gasteiger partial charge in [0.1, 0.15) is 5.82 Å². The maximum atomic E-state index is 13.8. The Hall–Kier alpha value is -2.62. The quantitative estimate of drug-likeness (QED) is 0.768. The Labute approximate surface area is 186 Å². The number of nitrogens with two attached hydrogens (primary N) is 1. The molecule has 4 heterocycles. The van der Waals surface area contributed by atoms with Gasteiger partial charge >= 0.3 is 0 Å². The first-order valence-corrected chi connectivity index (χ1v) is 11.3. The smallest absolute Gasteiger partial charge is 0.248 e. The first-order chi connectivity index (χ1) is 15.3. The van der Waals surface area contributed by atoms with Crippen LogP contribution in [0.2, 0.25) is 0 Å². The van der Waals surface area contributed by atoms with Crippen LogP contribution >= 0.6 is 0 Å². The monoisotopic (exact) mass is 445 g/mol. The molecule has 0 spiro atoms. The van der Waals surface area contributed by atoms with E-state index in [0.717, 1.165) is 24.3 Å². The Bertz CT molecular complexity index is 957. The fourth-order valence-corrected chi connectivity index (χ4v) is 5.13. The molecule has 0 radical (unpaired) electrons. The number of hydrogen-bond acceptors (Lipinski definition) is 8. The second kappa shape index (κ2) is 8.06. The molecule has 2 aliphatic heterocycles. The molecule has 5 rings (SSSR count). The molecule has 32 heavy (non-hydrogen) atoms. The number of nitrogen functional groups attached to an aromatic ring is 1. The number of alkyl halides is 2. The summed E-state index contributed by atoms with van der Waals surface area (Å²) in [6.45, 7) is 6.70. The molecule has 0 aromatic carbocycles. The van der Waals surface area contributed by atoms with Gasteiger partial charge in [0.25, 0.3) is 0 Å². The molecule has 1 saturated carbocycles. The number of fused-ring (bicyclic) bond motifs is 1. The predicted octanol–water partition coefficient (Wildman–Crippen LogP) is 3.00. The van der Waals surface area contributed by atoms with Crippen molar-refractivity contribution in [2.75, 3.05) is 41.8 Å².